The highest BCUT2D eigenvalue weighted by Gasteiger charge is 2.18. The Bertz CT molecular complexity index is 165. The first-order valence-corrected chi connectivity index (χ1v) is 4.28. The molecule has 0 aliphatic heterocycles. The van der Waals surface area contributed by atoms with Crippen molar-refractivity contribution in [1.82, 2.24) is 0 Å². The van der Waals surface area contributed by atoms with Crippen molar-refractivity contribution in [3.8, 4) is 0 Å². The summed E-state index contributed by atoms with van der Waals surface area (Å²) < 4.78 is 10.2. The molecule has 0 aromatic carbocycles. The average molecular weight is 190 g/mol. The van der Waals surface area contributed by atoms with E-state index in [1.54, 1.807) is 7.11 Å². The summed E-state index contributed by atoms with van der Waals surface area (Å²) in [7, 11) is 1.63. The highest BCUT2D eigenvalue weighted by molar-refractivity contribution is 5.71. The zero-order chi connectivity index (χ0) is 10.5. The van der Waals surface area contributed by atoms with Crippen molar-refractivity contribution in [2.75, 3.05) is 13.7 Å². The predicted octanol–water partition coefficient (Wildman–Crippen LogP) is 1.29. The minimum absolute atomic E-state index is 0.252. The molecule has 0 aromatic heterocycles. The number of carboxylic acids is 1. The maximum Gasteiger partial charge on any atom is 0.332 e. The van der Waals surface area contributed by atoms with Gasteiger partial charge < -0.3 is 14.6 Å². The molecule has 0 saturated heterocycles. The van der Waals surface area contributed by atoms with Crippen LogP contribution in [0, 0.1) is 0 Å². The molecule has 0 unspecified atom stereocenters. The van der Waals surface area contributed by atoms with Crippen molar-refractivity contribution in [2.24, 2.45) is 0 Å². The topological polar surface area (TPSA) is 55.8 Å². The monoisotopic (exact) mass is 190 g/mol. The summed E-state index contributed by atoms with van der Waals surface area (Å²) >= 11 is 0. The van der Waals surface area contributed by atoms with Crippen LogP contribution in [0.1, 0.15) is 27.2 Å². The molecule has 0 aliphatic rings. The summed E-state index contributed by atoms with van der Waals surface area (Å²) in [5.41, 5.74) is -0.252. The van der Waals surface area contributed by atoms with Gasteiger partial charge in [0.15, 0.2) is 6.10 Å². The Labute approximate surface area is 78.8 Å². The highest BCUT2D eigenvalue weighted by atomic mass is 16.5. The molecule has 0 aliphatic carbocycles. The second-order valence-electron chi connectivity index (χ2n) is 3.57. The smallest absolute Gasteiger partial charge is 0.332 e. The molecule has 0 saturated carbocycles. The van der Waals surface area contributed by atoms with Crippen LogP contribution in [-0.2, 0) is 14.3 Å². The molecule has 0 fully saturated rings. The van der Waals surface area contributed by atoms with Crippen LogP contribution in [-0.4, -0.2) is 36.5 Å². The number of carbonyl (C=O) groups is 1. The fourth-order valence-electron chi connectivity index (χ4n) is 0.655. The lowest BCUT2D eigenvalue weighted by molar-refractivity contribution is -0.150. The van der Waals surface area contributed by atoms with Gasteiger partial charge in [0, 0.05) is 7.11 Å². The van der Waals surface area contributed by atoms with Gasteiger partial charge in [-0.15, -0.1) is 0 Å². The first-order chi connectivity index (χ1) is 5.89. The number of carboxylic acid groups (broad SMARTS) is 1. The van der Waals surface area contributed by atoms with E-state index >= 15 is 0 Å². The fourth-order valence-corrected chi connectivity index (χ4v) is 0.655. The van der Waals surface area contributed by atoms with E-state index < -0.39 is 12.1 Å². The van der Waals surface area contributed by atoms with E-state index in [0.29, 0.717) is 13.0 Å². The van der Waals surface area contributed by atoms with Gasteiger partial charge in [0.25, 0.3) is 0 Å². The third kappa shape index (κ3) is 5.60. The molecule has 0 rings (SSSR count). The van der Waals surface area contributed by atoms with Gasteiger partial charge in [0.1, 0.15) is 0 Å². The van der Waals surface area contributed by atoms with Crippen molar-refractivity contribution in [3.63, 3.8) is 0 Å². The Morgan fingerprint density at radius 1 is 1.54 bits per heavy atom. The zero-order valence-corrected chi connectivity index (χ0v) is 8.66. The number of ether oxygens (including phenoxy) is 2. The lowest BCUT2D eigenvalue weighted by Crippen LogP contribution is -2.27. The summed E-state index contributed by atoms with van der Waals surface area (Å²) in [5.74, 6) is -0.935. The van der Waals surface area contributed by atoms with Crippen molar-refractivity contribution in [1.29, 1.82) is 0 Å². The SMILES string of the molecule is COC(C)(C)CCO[C@H](C)C(=O)O. The molecule has 1 N–H and O–H groups in total. The van der Waals surface area contributed by atoms with E-state index in [2.05, 4.69) is 0 Å². The van der Waals surface area contributed by atoms with Gasteiger partial charge in [-0.3, -0.25) is 0 Å². The summed E-state index contributed by atoms with van der Waals surface area (Å²) in [5, 5.41) is 8.51. The predicted molar refractivity (Wildman–Crippen MR) is 48.8 cm³/mol. The number of methoxy groups -OCH3 is 1. The Morgan fingerprint density at radius 2 is 2.08 bits per heavy atom. The lowest BCUT2D eigenvalue weighted by atomic mass is 10.1. The second kappa shape index (κ2) is 5.19. The van der Waals surface area contributed by atoms with Crippen molar-refractivity contribution < 1.29 is 19.4 Å². The molecule has 0 bridgehead atoms. The van der Waals surface area contributed by atoms with E-state index in [-0.39, 0.29) is 5.60 Å². The first kappa shape index (κ1) is 12.4. The molecule has 0 aromatic rings. The van der Waals surface area contributed by atoms with Crippen LogP contribution >= 0.6 is 0 Å². The second-order valence-corrected chi connectivity index (χ2v) is 3.57. The largest absolute Gasteiger partial charge is 0.479 e. The Hall–Kier alpha value is -0.610. The fraction of sp³-hybridized carbons (Fsp3) is 0.889. The third-order valence-corrected chi connectivity index (χ3v) is 1.97. The van der Waals surface area contributed by atoms with Crippen LogP contribution in [0.3, 0.4) is 0 Å². The molecule has 1 atom stereocenters. The van der Waals surface area contributed by atoms with Crippen molar-refractivity contribution in [2.45, 2.75) is 38.9 Å². The van der Waals surface area contributed by atoms with Gasteiger partial charge in [0.05, 0.1) is 12.2 Å². The van der Waals surface area contributed by atoms with Gasteiger partial charge in [-0.1, -0.05) is 0 Å². The van der Waals surface area contributed by atoms with Gasteiger partial charge in [-0.25, -0.2) is 4.79 Å². The van der Waals surface area contributed by atoms with E-state index in [1.807, 2.05) is 13.8 Å². The molecular weight excluding hydrogens is 172 g/mol. The van der Waals surface area contributed by atoms with Crippen molar-refractivity contribution in [3.05, 3.63) is 0 Å². The third-order valence-electron chi connectivity index (χ3n) is 1.97. The van der Waals surface area contributed by atoms with Crippen LogP contribution in [0.25, 0.3) is 0 Å². The molecule has 0 amide bonds. The maximum atomic E-state index is 10.4. The summed E-state index contributed by atoms with van der Waals surface area (Å²) in [6.45, 7) is 5.78. The molecule has 13 heavy (non-hydrogen) atoms. The molecule has 4 nitrogen and oxygen atoms in total. The summed E-state index contributed by atoms with van der Waals surface area (Å²) in [6.07, 6.45) is -0.0612. The molecule has 0 heterocycles. The average Bonchev–Trinajstić information content (AvgIpc) is 2.04. The minimum atomic E-state index is -0.935. The number of hydrogen-bond donors (Lipinski definition) is 1. The van der Waals surface area contributed by atoms with Crippen molar-refractivity contribution >= 4 is 5.97 Å². The summed E-state index contributed by atoms with van der Waals surface area (Å²) in [4.78, 5) is 10.4. The quantitative estimate of drug-likeness (QED) is 0.685. The van der Waals surface area contributed by atoms with Gasteiger partial charge in [0.2, 0.25) is 0 Å². The summed E-state index contributed by atoms with van der Waals surface area (Å²) in [6, 6.07) is 0. The minimum Gasteiger partial charge on any atom is -0.479 e. The van der Waals surface area contributed by atoms with Crippen LogP contribution < -0.4 is 0 Å². The zero-order valence-electron chi connectivity index (χ0n) is 8.66. The van der Waals surface area contributed by atoms with Crippen LogP contribution in [0.5, 0.6) is 0 Å². The molecule has 78 valence electrons. The van der Waals surface area contributed by atoms with Crippen LogP contribution in [0.15, 0.2) is 0 Å². The van der Waals surface area contributed by atoms with E-state index in [1.165, 1.54) is 6.92 Å². The van der Waals surface area contributed by atoms with Crippen LogP contribution in [0.2, 0.25) is 0 Å². The Kier molecular flexibility index (Phi) is 4.95. The van der Waals surface area contributed by atoms with Gasteiger partial charge >= 0.3 is 5.97 Å². The Balaban J connectivity index is 3.62. The van der Waals surface area contributed by atoms with Gasteiger partial charge in [-0.05, 0) is 27.2 Å². The highest BCUT2D eigenvalue weighted by Crippen LogP contribution is 2.12. The normalized spacial score (nSPS) is 14.2. The number of rotatable bonds is 6. The van der Waals surface area contributed by atoms with Gasteiger partial charge in [-0.2, -0.15) is 0 Å². The lowest BCUT2D eigenvalue weighted by Gasteiger charge is -2.22. The molecular formula is C9H18O4. The standard InChI is InChI=1S/C9H18O4/c1-7(8(10)11)13-6-5-9(2,3)12-4/h7H,5-6H2,1-4H3,(H,10,11)/t7-/m1/s1. The number of hydrogen-bond acceptors (Lipinski definition) is 3. The van der Waals surface area contributed by atoms with E-state index in [4.69, 9.17) is 14.6 Å². The molecule has 0 spiro atoms. The van der Waals surface area contributed by atoms with Crippen LogP contribution in [0.4, 0.5) is 0 Å². The molecule has 4 heteroatoms. The first-order valence-electron chi connectivity index (χ1n) is 4.28. The number of aliphatic carboxylic acids is 1. The Morgan fingerprint density at radius 3 is 2.46 bits per heavy atom. The van der Waals surface area contributed by atoms with E-state index in [9.17, 15) is 4.79 Å². The maximum absolute atomic E-state index is 10.4. The van der Waals surface area contributed by atoms with E-state index in [0.717, 1.165) is 0 Å². The molecule has 0 radical (unpaired) electrons.